The summed E-state index contributed by atoms with van der Waals surface area (Å²) in [5.41, 5.74) is 8.51. The van der Waals surface area contributed by atoms with Crippen molar-refractivity contribution in [2.45, 2.75) is 6.61 Å². The summed E-state index contributed by atoms with van der Waals surface area (Å²) < 4.78 is 28.0. The maximum Gasteiger partial charge on any atom is 0.387 e. The molecule has 6 heteroatoms. The topological polar surface area (TPSA) is 58.0 Å². The minimum Gasteiger partial charge on any atom is -0.435 e. The number of rotatable bonds is 3. The van der Waals surface area contributed by atoms with Gasteiger partial charge in [-0.05, 0) is 23.7 Å². The lowest BCUT2D eigenvalue weighted by Gasteiger charge is -2.03. The molecule has 0 saturated carbocycles. The molecule has 0 aliphatic rings. The number of azide groups is 1. The first-order valence-corrected chi connectivity index (χ1v) is 4.27. The Hall–Kier alpha value is -2.25. The highest BCUT2D eigenvalue weighted by Crippen LogP contribution is 2.15. The smallest absolute Gasteiger partial charge is 0.387 e. The lowest BCUT2D eigenvalue weighted by Crippen LogP contribution is -2.01. The molecule has 0 unspecified atom stereocenters. The van der Waals surface area contributed by atoms with E-state index in [-0.39, 0.29) is 12.3 Å². The van der Waals surface area contributed by atoms with Gasteiger partial charge in [-0.25, -0.2) is 0 Å². The summed E-state index contributed by atoms with van der Waals surface area (Å²) in [6.07, 6.45) is 0. The van der Waals surface area contributed by atoms with Crippen LogP contribution in [0.2, 0.25) is 0 Å². The summed E-state index contributed by atoms with van der Waals surface area (Å²) in [7, 11) is 0. The zero-order valence-electron chi connectivity index (χ0n) is 8.10. The molecule has 0 bridgehead atoms. The van der Waals surface area contributed by atoms with Crippen LogP contribution in [0.5, 0.6) is 5.75 Å². The van der Waals surface area contributed by atoms with Gasteiger partial charge in [-0.15, -0.1) is 0 Å². The standard InChI is InChI=1S/C10H7F2N3O/c11-10(12)16-9-5-1-3-8(7-9)4-2-6-14-15-13/h1,3,5,7,10H,6H2. The maximum atomic E-state index is 11.9. The van der Waals surface area contributed by atoms with Crippen molar-refractivity contribution in [3.05, 3.63) is 40.3 Å². The molecule has 0 spiro atoms. The predicted molar refractivity (Wildman–Crippen MR) is 54.0 cm³/mol. The average molecular weight is 223 g/mol. The molecule has 0 aliphatic carbocycles. The summed E-state index contributed by atoms with van der Waals surface area (Å²) in [6, 6.07) is 5.98. The lowest BCUT2D eigenvalue weighted by atomic mass is 10.2. The second kappa shape index (κ2) is 6.27. The van der Waals surface area contributed by atoms with Crippen LogP contribution in [0.25, 0.3) is 10.4 Å². The molecule has 0 radical (unpaired) electrons. The van der Waals surface area contributed by atoms with E-state index in [2.05, 4.69) is 26.6 Å². The van der Waals surface area contributed by atoms with E-state index in [0.29, 0.717) is 5.56 Å². The van der Waals surface area contributed by atoms with Gasteiger partial charge < -0.3 is 4.74 Å². The number of benzene rings is 1. The molecule has 1 aromatic rings. The normalized spacial score (nSPS) is 8.94. The molecule has 82 valence electrons. The van der Waals surface area contributed by atoms with E-state index in [9.17, 15) is 8.78 Å². The molecule has 4 nitrogen and oxygen atoms in total. The van der Waals surface area contributed by atoms with Crippen LogP contribution >= 0.6 is 0 Å². The average Bonchev–Trinajstić information content (AvgIpc) is 2.24. The van der Waals surface area contributed by atoms with E-state index >= 15 is 0 Å². The molecule has 0 saturated heterocycles. The van der Waals surface area contributed by atoms with Crippen LogP contribution in [0.15, 0.2) is 29.4 Å². The van der Waals surface area contributed by atoms with Crippen LogP contribution < -0.4 is 4.74 Å². The van der Waals surface area contributed by atoms with Gasteiger partial charge in [0.05, 0.1) is 6.54 Å². The van der Waals surface area contributed by atoms with Gasteiger partial charge in [0.15, 0.2) is 0 Å². The van der Waals surface area contributed by atoms with Crippen LogP contribution in [0.3, 0.4) is 0 Å². The number of hydrogen-bond donors (Lipinski definition) is 0. The van der Waals surface area contributed by atoms with Gasteiger partial charge in [-0.3, -0.25) is 0 Å². The van der Waals surface area contributed by atoms with E-state index in [1.807, 2.05) is 0 Å². The third-order valence-corrected chi connectivity index (χ3v) is 1.50. The van der Waals surface area contributed by atoms with E-state index in [4.69, 9.17) is 5.53 Å². The minimum absolute atomic E-state index is 0.0381. The Bertz CT molecular complexity index is 459. The van der Waals surface area contributed by atoms with Crippen LogP contribution in [-0.2, 0) is 0 Å². The molecule has 0 aromatic heterocycles. The van der Waals surface area contributed by atoms with Crippen molar-refractivity contribution in [1.82, 2.24) is 0 Å². The zero-order chi connectivity index (χ0) is 11.8. The molecule has 0 amide bonds. The molecule has 0 N–H and O–H groups in total. The van der Waals surface area contributed by atoms with Gasteiger partial charge in [-0.1, -0.05) is 23.0 Å². The fourth-order valence-electron chi connectivity index (χ4n) is 0.959. The van der Waals surface area contributed by atoms with Crippen LogP contribution in [0, 0.1) is 11.8 Å². The van der Waals surface area contributed by atoms with Crippen molar-refractivity contribution in [3.63, 3.8) is 0 Å². The highest BCUT2D eigenvalue weighted by Gasteiger charge is 2.03. The number of hydrogen-bond acceptors (Lipinski definition) is 2. The predicted octanol–water partition coefficient (Wildman–Crippen LogP) is 2.95. The summed E-state index contributed by atoms with van der Waals surface area (Å²) in [5, 5.41) is 3.21. The van der Waals surface area contributed by atoms with Crippen molar-refractivity contribution in [1.29, 1.82) is 0 Å². The summed E-state index contributed by atoms with van der Waals surface area (Å²) in [5.74, 6) is 5.27. The van der Waals surface area contributed by atoms with E-state index in [0.717, 1.165) is 0 Å². The Balaban J connectivity index is 2.72. The highest BCUT2D eigenvalue weighted by atomic mass is 19.3. The first kappa shape index (κ1) is 11.8. The minimum atomic E-state index is -2.86. The van der Waals surface area contributed by atoms with E-state index in [1.54, 1.807) is 12.1 Å². The molecule has 0 atom stereocenters. The van der Waals surface area contributed by atoms with Crippen molar-refractivity contribution in [2.75, 3.05) is 6.54 Å². The quantitative estimate of drug-likeness (QED) is 0.336. The van der Waals surface area contributed by atoms with Crippen molar-refractivity contribution >= 4 is 0 Å². The SMILES string of the molecule is [N-]=[N+]=NCC#Cc1cccc(OC(F)F)c1. The molecule has 0 fully saturated rings. The molecular weight excluding hydrogens is 216 g/mol. The van der Waals surface area contributed by atoms with Crippen molar-refractivity contribution in [2.24, 2.45) is 5.11 Å². The third kappa shape index (κ3) is 4.31. The van der Waals surface area contributed by atoms with Crippen molar-refractivity contribution < 1.29 is 13.5 Å². The van der Waals surface area contributed by atoms with Gasteiger partial charge in [0.1, 0.15) is 5.75 Å². The highest BCUT2D eigenvalue weighted by molar-refractivity contribution is 5.39. The Labute approximate surface area is 90.5 Å². The number of alkyl halides is 2. The second-order valence-corrected chi connectivity index (χ2v) is 2.60. The molecule has 1 aromatic carbocycles. The summed E-state index contributed by atoms with van der Waals surface area (Å²) in [4.78, 5) is 2.52. The Morgan fingerprint density at radius 3 is 3.00 bits per heavy atom. The lowest BCUT2D eigenvalue weighted by molar-refractivity contribution is -0.0498. The van der Waals surface area contributed by atoms with Gasteiger partial charge >= 0.3 is 6.61 Å². The van der Waals surface area contributed by atoms with Crippen LogP contribution in [-0.4, -0.2) is 13.2 Å². The van der Waals surface area contributed by atoms with Crippen molar-refractivity contribution in [3.8, 4) is 17.6 Å². The first-order valence-electron chi connectivity index (χ1n) is 4.27. The van der Waals surface area contributed by atoms with Gasteiger partial charge in [-0.2, -0.15) is 8.78 Å². The third-order valence-electron chi connectivity index (χ3n) is 1.50. The zero-order valence-corrected chi connectivity index (χ0v) is 8.10. The van der Waals surface area contributed by atoms with E-state index in [1.165, 1.54) is 12.1 Å². The Kier molecular flexibility index (Phi) is 4.64. The number of halogens is 2. The molecular formula is C10H7F2N3O. The van der Waals surface area contributed by atoms with Crippen LogP contribution in [0.4, 0.5) is 8.78 Å². The fraction of sp³-hybridized carbons (Fsp3) is 0.200. The number of nitrogens with zero attached hydrogens (tertiary/aromatic N) is 3. The van der Waals surface area contributed by atoms with Gasteiger partial charge in [0.25, 0.3) is 0 Å². The van der Waals surface area contributed by atoms with Gasteiger partial charge in [0.2, 0.25) is 0 Å². The van der Waals surface area contributed by atoms with E-state index < -0.39 is 6.61 Å². The summed E-state index contributed by atoms with van der Waals surface area (Å²) in [6.45, 7) is -2.82. The van der Waals surface area contributed by atoms with Gasteiger partial charge in [0, 0.05) is 10.5 Å². The molecule has 1 rings (SSSR count). The second-order valence-electron chi connectivity index (χ2n) is 2.60. The molecule has 0 heterocycles. The molecule has 0 aliphatic heterocycles. The fourth-order valence-corrected chi connectivity index (χ4v) is 0.959. The Morgan fingerprint density at radius 1 is 1.50 bits per heavy atom. The monoisotopic (exact) mass is 223 g/mol. The van der Waals surface area contributed by atoms with Crippen LogP contribution in [0.1, 0.15) is 5.56 Å². The number of ether oxygens (including phenoxy) is 1. The maximum absolute atomic E-state index is 11.9. The summed E-state index contributed by atoms with van der Waals surface area (Å²) >= 11 is 0. The first-order chi connectivity index (χ1) is 7.72. The Morgan fingerprint density at radius 2 is 2.31 bits per heavy atom. The largest absolute Gasteiger partial charge is 0.435 e. The molecule has 16 heavy (non-hydrogen) atoms.